The van der Waals surface area contributed by atoms with Gasteiger partial charge in [-0.25, -0.2) is 0 Å². The van der Waals surface area contributed by atoms with Crippen LogP contribution in [-0.4, -0.2) is 40.1 Å². The zero-order valence-electron chi connectivity index (χ0n) is 10.9. The van der Waals surface area contributed by atoms with Gasteiger partial charge in [0.15, 0.2) is 0 Å². The fourth-order valence-electron chi connectivity index (χ4n) is 1.45. The van der Waals surface area contributed by atoms with Crippen molar-refractivity contribution in [2.24, 2.45) is 0 Å². The van der Waals surface area contributed by atoms with Crippen molar-refractivity contribution in [3.8, 4) is 5.75 Å². The Labute approximate surface area is 111 Å². The molecule has 0 atom stereocenters. The van der Waals surface area contributed by atoms with Crippen molar-refractivity contribution in [2.75, 3.05) is 38.8 Å². The van der Waals surface area contributed by atoms with E-state index in [2.05, 4.69) is 10.1 Å². The molecule has 108 valence electrons. The summed E-state index contributed by atoms with van der Waals surface area (Å²) in [6.45, 7) is -0.481. The van der Waals surface area contributed by atoms with Crippen LogP contribution in [0.15, 0.2) is 24.3 Å². The Balaban J connectivity index is 2.25. The summed E-state index contributed by atoms with van der Waals surface area (Å²) in [7, 11) is 1.62. The van der Waals surface area contributed by atoms with Gasteiger partial charge in [-0.3, -0.25) is 0 Å². The highest BCUT2D eigenvalue weighted by Crippen LogP contribution is 2.25. The van der Waals surface area contributed by atoms with Crippen molar-refractivity contribution in [1.29, 1.82) is 0 Å². The first-order valence-electron chi connectivity index (χ1n) is 6.08. The first-order valence-corrected chi connectivity index (χ1v) is 6.08. The van der Waals surface area contributed by atoms with Crippen LogP contribution in [0.5, 0.6) is 5.75 Å². The van der Waals surface area contributed by atoms with Crippen molar-refractivity contribution in [3.63, 3.8) is 0 Å². The first-order chi connectivity index (χ1) is 9.24. The number of para-hydroxylation sites is 2. The van der Waals surface area contributed by atoms with Gasteiger partial charge in [0.1, 0.15) is 5.75 Å². The van der Waals surface area contributed by atoms with E-state index in [9.17, 15) is 8.78 Å². The molecule has 0 heterocycles. The second-order valence-corrected chi connectivity index (χ2v) is 3.76. The lowest BCUT2D eigenvalue weighted by molar-refractivity contribution is -0.0493. The molecule has 0 bridgehead atoms. The molecular formula is C13H19F2NO3. The van der Waals surface area contributed by atoms with Crippen molar-refractivity contribution in [2.45, 2.75) is 13.0 Å². The summed E-state index contributed by atoms with van der Waals surface area (Å²) in [5.41, 5.74) is 0.555. The van der Waals surface area contributed by atoms with E-state index in [-0.39, 0.29) is 5.75 Å². The molecule has 0 fully saturated rings. The van der Waals surface area contributed by atoms with Crippen LogP contribution in [0, 0.1) is 0 Å². The standard InChI is InChI=1S/C13H19F2NO3/c1-17-9-10-18-8-4-7-16-11-5-2-3-6-12(11)19-13(14)15/h2-3,5-6,13,16H,4,7-10H2,1H3. The van der Waals surface area contributed by atoms with Crippen LogP contribution in [-0.2, 0) is 9.47 Å². The van der Waals surface area contributed by atoms with Crippen molar-refractivity contribution < 1.29 is 23.0 Å². The molecule has 0 unspecified atom stereocenters. The van der Waals surface area contributed by atoms with Crippen LogP contribution in [0.4, 0.5) is 14.5 Å². The van der Waals surface area contributed by atoms with E-state index in [4.69, 9.17) is 9.47 Å². The van der Waals surface area contributed by atoms with E-state index in [1.54, 1.807) is 25.3 Å². The zero-order chi connectivity index (χ0) is 13.9. The number of hydrogen-bond donors (Lipinski definition) is 1. The largest absolute Gasteiger partial charge is 0.433 e. The number of alkyl halides is 2. The average molecular weight is 275 g/mol. The molecule has 1 N–H and O–H groups in total. The predicted octanol–water partition coefficient (Wildman–Crippen LogP) is 2.75. The van der Waals surface area contributed by atoms with Gasteiger partial charge in [0.25, 0.3) is 0 Å². The lowest BCUT2D eigenvalue weighted by atomic mass is 10.3. The molecule has 1 rings (SSSR count). The maximum atomic E-state index is 12.2. The average Bonchev–Trinajstić information content (AvgIpc) is 2.39. The summed E-state index contributed by atoms with van der Waals surface area (Å²) in [5, 5.41) is 3.04. The third-order valence-electron chi connectivity index (χ3n) is 2.32. The summed E-state index contributed by atoms with van der Waals surface area (Å²) in [4.78, 5) is 0. The molecule has 4 nitrogen and oxygen atoms in total. The summed E-state index contributed by atoms with van der Waals surface area (Å²) >= 11 is 0. The Bertz CT molecular complexity index is 350. The smallest absolute Gasteiger partial charge is 0.387 e. The number of ether oxygens (including phenoxy) is 3. The quantitative estimate of drug-likeness (QED) is 0.666. The van der Waals surface area contributed by atoms with E-state index in [0.717, 1.165) is 6.42 Å². The molecule has 0 radical (unpaired) electrons. The molecule has 1 aromatic carbocycles. The third kappa shape index (κ3) is 6.93. The topological polar surface area (TPSA) is 39.7 Å². The lowest BCUT2D eigenvalue weighted by Gasteiger charge is -2.12. The van der Waals surface area contributed by atoms with Gasteiger partial charge in [-0.15, -0.1) is 0 Å². The Morgan fingerprint density at radius 1 is 1.16 bits per heavy atom. The lowest BCUT2D eigenvalue weighted by Crippen LogP contribution is -2.10. The van der Waals surface area contributed by atoms with Gasteiger partial charge in [0.05, 0.1) is 18.9 Å². The van der Waals surface area contributed by atoms with Crippen molar-refractivity contribution in [3.05, 3.63) is 24.3 Å². The normalized spacial score (nSPS) is 10.7. The van der Waals surface area contributed by atoms with Crippen LogP contribution >= 0.6 is 0 Å². The van der Waals surface area contributed by atoms with E-state index < -0.39 is 6.61 Å². The minimum Gasteiger partial charge on any atom is -0.433 e. The second-order valence-electron chi connectivity index (χ2n) is 3.76. The zero-order valence-corrected chi connectivity index (χ0v) is 10.9. The Morgan fingerprint density at radius 3 is 2.68 bits per heavy atom. The second kappa shape index (κ2) is 9.52. The molecule has 0 saturated heterocycles. The van der Waals surface area contributed by atoms with Crippen LogP contribution < -0.4 is 10.1 Å². The molecule has 0 aromatic heterocycles. The first kappa shape index (κ1) is 15.7. The maximum absolute atomic E-state index is 12.2. The molecule has 0 saturated carbocycles. The van der Waals surface area contributed by atoms with Crippen LogP contribution in [0.2, 0.25) is 0 Å². The molecule has 0 aliphatic rings. The van der Waals surface area contributed by atoms with Gasteiger partial charge in [-0.1, -0.05) is 12.1 Å². The highest BCUT2D eigenvalue weighted by atomic mass is 19.3. The van der Waals surface area contributed by atoms with Gasteiger partial charge in [-0.05, 0) is 18.6 Å². The molecule has 0 spiro atoms. The SMILES string of the molecule is COCCOCCCNc1ccccc1OC(F)F. The van der Waals surface area contributed by atoms with Crippen LogP contribution in [0.3, 0.4) is 0 Å². The number of hydrogen-bond acceptors (Lipinski definition) is 4. The Kier molecular flexibility index (Phi) is 7.84. The van der Waals surface area contributed by atoms with Crippen LogP contribution in [0.1, 0.15) is 6.42 Å². The molecule has 6 heteroatoms. The van der Waals surface area contributed by atoms with Gasteiger partial charge < -0.3 is 19.5 Å². The molecule has 19 heavy (non-hydrogen) atoms. The number of rotatable bonds is 10. The number of benzene rings is 1. The van der Waals surface area contributed by atoms with Gasteiger partial charge in [0.2, 0.25) is 0 Å². The fourth-order valence-corrected chi connectivity index (χ4v) is 1.45. The molecular weight excluding hydrogens is 256 g/mol. The van der Waals surface area contributed by atoms with Gasteiger partial charge >= 0.3 is 6.61 Å². The van der Waals surface area contributed by atoms with E-state index in [1.165, 1.54) is 6.07 Å². The highest BCUT2D eigenvalue weighted by Gasteiger charge is 2.08. The fraction of sp³-hybridized carbons (Fsp3) is 0.538. The molecule has 1 aromatic rings. The van der Waals surface area contributed by atoms with Gasteiger partial charge in [0, 0.05) is 20.3 Å². The minimum absolute atomic E-state index is 0.151. The summed E-state index contributed by atoms with van der Waals surface area (Å²) < 4.78 is 38.9. The predicted molar refractivity (Wildman–Crippen MR) is 68.9 cm³/mol. The third-order valence-corrected chi connectivity index (χ3v) is 2.32. The number of anilines is 1. The van der Waals surface area contributed by atoms with E-state index in [1.807, 2.05) is 0 Å². The summed E-state index contributed by atoms with van der Waals surface area (Å²) in [6, 6.07) is 6.61. The van der Waals surface area contributed by atoms with Crippen LogP contribution in [0.25, 0.3) is 0 Å². The van der Waals surface area contributed by atoms with E-state index >= 15 is 0 Å². The number of halogens is 2. The van der Waals surface area contributed by atoms with Crippen molar-refractivity contribution in [1.82, 2.24) is 0 Å². The van der Waals surface area contributed by atoms with Gasteiger partial charge in [-0.2, -0.15) is 8.78 Å². The number of methoxy groups -OCH3 is 1. The highest BCUT2D eigenvalue weighted by molar-refractivity contribution is 5.56. The molecule has 0 aliphatic carbocycles. The Hall–Kier alpha value is -1.40. The van der Waals surface area contributed by atoms with Crippen molar-refractivity contribution >= 4 is 5.69 Å². The van der Waals surface area contributed by atoms with E-state index in [0.29, 0.717) is 32.1 Å². The maximum Gasteiger partial charge on any atom is 0.387 e. The monoisotopic (exact) mass is 275 g/mol. The summed E-state index contributed by atoms with van der Waals surface area (Å²) in [5.74, 6) is 0.151. The Morgan fingerprint density at radius 2 is 1.95 bits per heavy atom. The minimum atomic E-state index is -2.82. The number of nitrogens with one attached hydrogen (secondary N) is 1. The molecule has 0 amide bonds. The molecule has 0 aliphatic heterocycles. The summed E-state index contributed by atoms with van der Waals surface area (Å²) in [6.07, 6.45) is 0.771.